The fourth-order valence-electron chi connectivity index (χ4n) is 2.56. The summed E-state index contributed by atoms with van der Waals surface area (Å²) >= 11 is 0. The predicted molar refractivity (Wildman–Crippen MR) is 74.9 cm³/mol. The van der Waals surface area contributed by atoms with Gasteiger partial charge in [0.15, 0.2) is 0 Å². The zero-order valence-electron chi connectivity index (χ0n) is 11.5. The molecule has 1 saturated heterocycles. The normalized spacial score (nSPS) is 20.1. The summed E-state index contributed by atoms with van der Waals surface area (Å²) in [6.45, 7) is 7.51. The van der Waals surface area contributed by atoms with Gasteiger partial charge in [-0.05, 0) is 32.2 Å². The summed E-state index contributed by atoms with van der Waals surface area (Å²) in [5.74, 6) is 1.10. The van der Waals surface area contributed by atoms with Crippen LogP contribution in [0, 0.1) is 0 Å². The summed E-state index contributed by atoms with van der Waals surface area (Å²) < 4.78 is 0. The van der Waals surface area contributed by atoms with E-state index in [2.05, 4.69) is 40.1 Å². The van der Waals surface area contributed by atoms with Crippen molar-refractivity contribution in [1.82, 2.24) is 15.3 Å². The summed E-state index contributed by atoms with van der Waals surface area (Å²) in [5.41, 5.74) is 1.13. The summed E-state index contributed by atoms with van der Waals surface area (Å²) in [5, 5.41) is 3.46. The lowest BCUT2D eigenvalue weighted by atomic mass is 10.0. The second-order valence-corrected chi connectivity index (χ2v) is 4.87. The zero-order valence-corrected chi connectivity index (χ0v) is 11.5. The van der Waals surface area contributed by atoms with Gasteiger partial charge in [0, 0.05) is 30.9 Å². The highest BCUT2D eigenvalue weighted by Crippen LogP contribution is 2.22. The maximum atomic E-state index is 4.46. The molecule has 18 heavy (non-hydrogen) atoms. The molecule has 1 unspecified atom stereocenters. The Morgan fingerprint density at radius 2 is 2.22 bits per heavy atom. The third-order valence-corrected chi connectivity index (χ3v) is 3.62. The fraction of sp³-hybridized carbons (Fsp3) is 0.714. The number of likely N-dealkylation sites (N-methyl/N-ethyl adjacent to an activating group) is 1. The Kier molecular flexibility index (Phi) is 4.93. The molecule has 2 heterocycles. The van der Waals surface area contributed by atoms with E-state index in [1.165, 1.54) is 19.3 Å². The topological polar surface area (TPSA) is 41.0 Å². The molecule has 0 amide bonds. The molecule has 0 bridgehead atoms. The van der Waals surface area contributed by atoms with Gasteiger partial charge in [-0.1, -0.05) is 13.8 Å². The summed E-state index contributed by atoms with van der Waals surface area (Å²) in [6.07, 6.45) is 6.54. The van der Waals surface area contributed by atoms with Crippen molar-refractivity contribution in [2.75, 3.05) is 24.5 Å². The second kappa shape index (κ2) is 6.69. The van der Waals surface area contributed by atoms with Crippen LogP contribution in [0.15, 0.2) is 12.4 Å². The third kappa shape index (κ3) is 3.19. The van der Waals surface area contributed by atoms with Crippen molar-refractivity contribution >= 4 is 5.82 Å². The Bertz CT molecular complexity index is 367. The van der Waals surface area contributed by atoms with E-state index in [-0.39, 0.29) is 0 Å². The van der Waals surface area contributed by atoms with Crippen LogP contribution in [-0.4, -0.2) is 35.6 Å². The van der Waals surface area contributed by atoms with Crippen LogP contribution in [0.4, 0.5) is 5.82 Å². The van der Waals surface area contributed by atoms with Gasteiger partial charge in [-0.15, -0.1) is 0 Å². The first kappa shape index (κ1) is 13.3. The number of piperidine rings is 1. The van der Waals surface area contributed by atoms with Crippen molar-refractivity contribution in [3.8, 4) is 0 Å². The SMILES string of the molecule is CCNCC1CCCCN1c1cc(CC)ncn1. The molecule has 1 fully saturated rings. The lowest BCUT2D eigenvalue weighted by Crippen LogP contribution is -2.46. The predicted octanol–water partition coefficient (Wildman–Crippen LogP) is 2.01. The molecule has 4 nitrogen and oxygen atoms in total. The van der Waals surface area contributed by atoms with E-state index < -0.39 is 0 Å². The van der Waals surface area contributed by atoms with Gasteiger partial charge in [-0.25, -0.2) is 9.97 Å². The number of hydrogen-bond donors (Lipinski definition) is 1. The highest BCUT2D eigenvalue weighted by molar-refractivity contribution is 5.41. The molecule has 0 radical (unpaired) electrons. The third-order valence-electron chi connectivity index (χ3n) is 3.62. The van der Waals surface area contributed by atoms with Gasteiger partial charge in [-0.2, -0.15) is 0 Å². The van der Waals surface area contributed by atoms with Crippen molar-refractivity contribution in [3.05, 3.63) is 18.1 Å². The van der Waals surface area contributed by atoms with E-state index in [9.17, 15) is 0 Å². The quantitative estimate of drug-likeness (QED) is 0.865. The number of hydrogen-bond acceptors (Lipinski definition) is 4. The highest BCUT2D eigenvalue weighted by Gasteiger charge is 2.23. The lowest BCUT2D eigenvalue weighted by Gasteiger charge is -2.36. The molecule has 1 N–H and O–H groups in total. The van der Waals surface area contributed by atoms with Gasteiger partial charge >= 0.3 is 0 Å². The Balaban J connectivity index is 2.11. The fourth-order valence-corrected chi connectivity index (χ4v) is 2.56. The number of nitrogens with one attached hydrogen (secondary N) is 1. The molecule has 1 aromatic rings. The van der Waals surface area contributed by atoms with E-state index in [1.807, 2.05) is 0 Å². The molecule has 1 atom stereocenters. The van der Waals surface area contributed by atoms with Crippen LogP contribution in [0.2, 0.25) is 0 Å². The highest BCUT2D eigenvalue weighted by atomic mass is 15.2. The Hall–Kier alpha value is -1.16. The van der Waals surface area contributed by atoms with Gasteiger partial charge in [0.2, 0.25) is 0 Å². The minimum absolute atomic E-state index is 0.582. The first-order valence-electron chi connectivity index (χ1n) is 7.13. The van der Waals surface area contributed by atoms with Gasteiger partial charge in [0.1, 0.15) is 12.1 Å². The first-order chi connectivity index (χ1) is 8.85. The van der Waals surface area contributed by atoms with Gasteiger partial charge in [0.25, 0.3) is 0 Å². The maximum absolute atomic E-state index is 4.46. The summed E-state index contributed by atoms with van der Waals surface area (Å²) in [4.78, 5) is 11.2. The minimum Gasteiger partial charge on any atom is -0.352 e. The van der Waals surface area contributed by atoms with Gasteiger partial charge in [-0.3, -0.25) is 0 Å². The molecule has 1 aromatic heterocycles. The van der Waals surface area contributed by atoms with E-state index in [0.717, 1.165) is 37.6 Å². The van der Waals surface area contributed by atoms with Crippen molar-refractivity contribution in [2.24, 2.45) is 0 Å². The number of nitrogens with zero attached hydrogens (tertiary/aromatic N) is 3. The molecule has 0 aromatic carbocycles. The monoisotopic (exact) mass is 248 g/mol. The number of aromatic nitrogens is 2. The Labute approximate surface area is 110 Å². The molecule has 100 valence electrons. The van der Waals surface area contributed by atoms with Crippen LogP contribution in [0.5, 0.6) is 0 Å². The number of rotatable bonds is 5. The molecule has 0 aliphatic carbocycles. The van der Waals surface area contributed by atoms with Crippen molar-refractivity contribution in [1.29, 1.82) is 0 Å². The van der Waals surface area contributed by atoms with Crippen LogP contribution < -0.4 is 10.2 Å². The largest absolute Gasteiger partial charge is 0.352 e. The standard InChI is InChI=1S/C14H24N4/c1-3-12-9-14(17-11-16-12)18-8-6-5-7-13(18)10-15-4-2/h9,11,13,15H,3-8,10H2,1-2H3. The Morgan fingerprint density at radius 1 is 1.33 bits per heavy atom. The molecule has 4 heteroatoms. The summed E-state index contributed by atoms with van der Waals surface area (Å²) in [7, 11) is 0. The molecular weight excluding hydrogens is 224 g/mol. The number of anilines is 1. The molecule has 0 spiro atoms. The van der Waals surface area contributed by atoms with Crippen LogP contribution in [0.3, 0.4) is 0 Å². The maximum Gasteiger partial charge on any atom is 0.132 e. The minimum atomic E-state index is 0.582. The molecule has 1 aliphatic rings. The van der Waals surface area contributed by atoms with E-state index in [0.29, 0.717) is 6.04 Å². The smallest absolute Gasteiger partial charge is 0.132 e. The van der Waals surface area contributed by atoms with E-state index in [4.69, 9.17) is 0 Å². The summed E-state index contributed by atoms with van der Waals surface area (Å²) in [6, 6.07) is 2.72. The Morgan fingerprint density at radius 3 is 3.00 bits per heavy atom. The second-order valence-electron chi connectivity index (χ2n) is 4.87. The van der Waals surface area contributed by atoms with Crippen molar-refractivity contribution < 1.29 is 0 Å². The number of aryl methyl sites for hydroxylation is 1. The molecule has 2 rings (SSSR count). The van der Waals surface area contributed by atoms with Gasteiger partial charge in [0.05, 0.1) is 0 Å². The van der Waals surface area contributed by atoms with E-state index >= 15 is 0 Å². The zero-order chi connectivity index (χ0) is 12.8. The van der Waals surface area contributed by atoms with Crippen molar-refractivity contribution in [3.63, 3.8) is 0 Å². The average molecular weight is 248 g/mol. The van der Waals surface area contributed by atoms with E-state index in [1.54, 1.807) is 6.33 Å². The van der Waals surface area contributed by atoms with Crippen LogP contribution in [0.1, 0.15) is 38.8 Å². The van der Waals surface area contributed by atoms with Crippen LogP contribution in [0.25, 0.3) is 0 Å². The molecule has 1 aliphatic heterocycles. The van der Waals surface area contributed by atoms with Crippen molar-refractivity contribution in [2.45, 2.75) is 45.6 Å². The van der Waals surface area contributed by atoms with Crippen LogP contribution in [-0.2, 0) is 6.42 Å². The first-order valence-corrected chi connectivity index (χ1v) is 7.13. The van der Waals surface area contributed by atoms with Crippen LogP contribution >= 0.6 is 0 Å². The molecular formula is C14H24N4. The lowest BCUT2D eigenvalue weighted by molar-refractivity contribution is 0.436. The van der Waals surface area contributed by atoms with Gasteiger partial charge < -0.3 is 10.2 Å². The molecule has 0 saturated carbocycles. The average Bonchev–Trinajstić information content (AvgIpc) is 2.45.